The van der Waals surface area contributed by atoms with Crippen LogP contribution in [-0.2, 0) is 10.3 Å². The predicted octanol–water partition coefficient (Wildman–Crippen LogP) is 3.37. The number of carboxylic acids is 1. The van der Waals surface area contributed by atoms with Gasteiger partial charge in [-0.3, -0.25) is 9.80 Å². The van der Waals surface area contributed by atoms with E-state index in [-0.39, 0.29) is 18.5 Å². The van der Waals surface area contributed by atoms with Gasteiger partial charge in [0, 0.05) is 12.0 Å². The fourth-order valence-corrected chi connectivity index (χ4v) is 2.96. The van der Waals surface area contributed by atoms with E-state index >= 15 is 0 Å². The Kier molecular flexibility index (Phi) is 4.05. The second kappa shape index (κ2) is 6.03. The van der Waals surface area contributed by atoms with Crippen molar-refractivity contribution in [3.05, 3.63) is 71.3 Å². The first kappa shape index (κ1) is 16.1. The third kappa shape index (κ3) is 2.87. The van der Waals surface area contributed by atoms with Crippen molar-refractivity contribution in [2.45, 2.75) is 18.9 Å². The highest BCUT2D eigenvalue weighted by atomic mass is 19.1. The van der Waals surface area contributed by atoms with Gasteiger partial charge in [0.15, 0.2) is 0 Å². The highest BCUT2D eigenvalue weighted by molar-refractivity contribution is 6.02. The van der Waals surface area contributed by atoms with Crippen LogP contribution in [0.3, 0.4) is 0 Å². The minimum absolute atomic E-state index is 0.0602. The van der Waals surface area contributed by atoms with Gasteiger partial charge < -0.3 is 5.11 Å². The summed E-state index contributed by atoms with van der Waals surface area (Å²) in [6.45, 7) is 1.52. The molecule has 0 fully saturated rings. The van der Waals surface area contributed by atoms with E-state index in [2.05, 4.69) is 5.10 Å². The maximum Gasteiger partial charge on any atom is 0.324 e. The normalized spacial score (nSPS) is 20.1. The summed E-state index contributed by atoms with van der Waals surface area (Å²) >= 11 is 0. The Labute approximate surface area is 138 Å². The first-order valence-corrected chi connectivity index (χ1v) is 7.48. The van der Waals surface area contributed by atoms with Crippen LogP contribution >= 0.6 is 0 Å². The zero-order valence-electron chi connectivity index (χ0n) is 13.0. The van der Waals surface area contributed by atoms with Gasteiger partial charge in [0.2, 0.25) is 0 Å². The summed E-state index contributed by atoms with van der Waals surface area (Å²) < 4.78 is 27.6. The molecule has 1 aliphatic heterocycles. The number of aliphatic carboxylic acids is 1. The molecule has 6 heteroatoms. The monoisotopic (exact) mass is 330 g/mol. The molecule has 1 unspecified atom stereocenters. The fraction of sp³-hybridized carbons (Fsp3) is 0.222. The molecular formula is C18H16F2N2O2. The lowest BCUT2D eigenvalue weighted by molar-refractivity contribution is -0.139. The van der Waals surface area contributed by atoms with Crippen molar-refractivity contribution in [1.29, 1.82) is 0 Å². The van der Waals surface area contributed by atoms with Crippen molar-refractivity contribution in [3.8, 4) is 0 Å². The number of hydrogen-bond donors (Lipinski definition) is 1. The summed E-state index contributed by atoms with van der Waals surface area (Å²) in [6, 6.07) is 12.5. The minimum Gasteiger partial charge on any atom is -0.480 e. The van der Waals surface area contributed by atoms with Crippen molar-refractivity contribution in [2.24, 2.45) is 5.10 Å². The molecule has 0 saturated heterocycles. The number of hydrogen-bond acceptors (Lipinski definition) is 3. The van der Waals surface area contributed by atoms with Crippen molar-refractivity contribution in [1.82, 2.24) is 5.01 Å². The molecule has 1 N–H and O–H groups in total. The molecule has 2 aromatic rings. The van der Waals surface area contributed by atoms with Crippen LogP contribution < -0.4 is 0 Å². The van der Waals surface area contributed by atoms with Crippen LogP contribution in [0.15, 0.2) is 53.6 Å². The molecule has 1 atom stereocenters. The zero-order valence-corrected chi connectivity index (χ0v) is 13.0. The smallest absolute Gasteiger partial charge is 0.324 e. The summed E-state index contributed by atoms with van der Waals surface area (Å²) in [4.78, 5) is 11.2. The Hall–Kier alpha value is -2.76. The highest BCUT2D eigenvalue weighted by Gasteiger charge is 2.41. The molecule has 0 amide bonds. The summed E-state index contributed by atoms with van der Waals surface area (Å²) in [7, 11) is 0. The van der Waals surface area contributed by atoms with Gasteiger partial charge in [0.25, 0.3) is 0 Å². The number of carboxylic acid groups (broad SMARTS) is 1. The van der Waals surface area contributed by atoms with Crippen molar-refractivity contribution >= 4 is 11.7 Å². The third-order valence-electron chi connectivity index (χ3n) is 4.24. The van der Waals surface area contributed by atoms with Gasteiger partial charge in [0.1, 0.15) is 18.2 Å². The Morgan fingerprint density at radius 3 is 2.62 bits per heavy atom. The summed E-state index contributed by atoms with van der Waals surface area (Å²) in [5, 5.41) is 14.9. The van der Waals surface area contributed by atoms with Crippen LogP contribution in [0.4, 0.5) is 8.78 Å². The van der Waals surface area contributed by atoms with E-state index in [0.29, 0.717) is 5.71 Å². The largest absolute Gasteiger partial charge is 0.480 e. The molecule has 0 radical (unpaired) electrons. The Morgan fingerprint density at radius 1 is 1.25 bits per heavy atom. The predicted molar refractivity (Wildman–Crippen MR) is 85.6 cm³/mol. The molecule has 124 valence electrons. The molecule has 4 nitrogen and oxygen atoms in total. The first-order chi connectivity index (χ1) is 11.4. The van der Waals surface area contributed by atoms with Crippen LogP contribution in [-0.4, -0.2) is 28.3 Å². The summed E-state index contributed by atoms with van der Waals surface area (Å²) in [5.41, 5.74) is 0.514. The van der Waals surface area contributed by atoms with Crippen LogP contribution in [0, 0.1) is 11.6 Å². The van der Waals surface area contributed by atoms with Gasteiger partial charge in [-0.05, 0) is 30.7 Å². The fourth-order valence-electron chi connectivity index (χ4n) is 2.96. The Bertz CT molecular complexity index is 808. The van der Waals surface area contributed by atoms with Crippen LogP contribution in [0.5, 0.6) is 0 Å². The number of halogens is 2. The molecule has 24 heavy (non-hydrogen) atoms. The van der Waals surface area contributed by atoms with Gasteiger partial charge in [-0.2, -0.15) is 5.10 Å². The van der Waals surface area contributed by atoms with Gasteiger partial charge in [-0.25, -0.2) is 8.78 Å². The molecule has 0 saturated carbocycles. The van der Waals surface area contributed by atoms with Gasteiger partial charge in [-0.15, -0.1) is 0 Å². The molecule has 0 bridgehead atoms. The lowest BCUT2D eigenvalue weighted by Gasteiger charge is -2.33. The number of benzene rings is 2. The van der Waals surface area contributed by atoms with E-state index in [1.165, 1.54) is 5.01 Å². The SMILES string of the molecule is CC1(c2ccccc2)CC(c2cc(F)ccc2F)=NN1CC(=O)O. The van der Waals surface area contributed by atoms with Crippen molar-refractivity contribution in [3.63, 3.8) is 0 Å². The standard InChI is InChI=1S/C18H16F2N2O2/c1-18(12-5-3-2-4-6-12)10-16(21-22(18)11-17(23)24)14-9-13(19)7-8-15(14)20/h2-9H,10-11H2,1H3,(H,23,24). The van der Waals surface area contributed by atoms with E-state index < -0.39 is 23.1 Å². The van der Waals surface area contributed by atoms with Crippen molar-refractivity contribution < 1.29 is 18.7 Å². The van der Waals surface area contributed by atoms with E-state index in [1.807, 2.05) is 37.3 Å². The lowest BCUT2D eigenvalue weighted by Crippen LogP contribution is -2.40. The quantitative estimate of drug-likeness (QED) is 0.935. The number of hydrazone groups is 1. The van der Waals surface area contributed by atoms with Crippen LogP contribution in [0.2, 0.25) is 0 Å². The summed E-state index contributed by atoms with van der Waals surface area (Å²) in [5.74, 6) is -2.18. The second-order valence-corrected chi connectivity index (χ2v) is 5.94. The van der Waals surface area contributed by atoms with E-state index in [0.717, 1.165) is 23.8 Å². The average Bonchev–Trinajstić information content (AvgIpc) is 2.88. The first-order valence-electron chi connectivity index (χ1n) is 7.48. The molecule has 1 aliphatic rings. The highest BCUT2D eigenvalue weighted by Crippen LogP contribution is 2.38. The molecule has 2 aromatic carbocycles. The van der Waals surface area contributed by atoms with E-state index in [4.69, 9.17) is 5.11 Å². The summed E-state index contributed by atoms with van der Waals surface area (Å²) in [6.07, 6.45) is 0.282. The molecule has 1 heterocycles. The van der Waals surface area contributed by atoms with Gasteiger partial charge in [-0.1, -0.05) is 30.3 Å². The zero-order chi connectivity index (χ0) is 17.3. The molecule has 0 aromatic heterocycles. The lowest BCUT2D eigenvalue weighted by atomic mass is 9.85. The second-order valence-electron chi connectivity index (χ2n) is 5.94. The van der Waals surface area contributed by atoms with E-state index in [1.54, 1.807) is 0 Å². The van der Waals surface area contributed by atoms with Crippen LogP contribution in [0.25, 0.3) is 0 Å². The molecular weight excluding hydrogens is 314 g/mol. The van der Waals surface area contributed by atoms with Gasteiger partial charge >= 0.3 is 5.97 Å². The maximum atomic E-state index is 14.1. The molecule has 0 spiro atoms. The average molecular weight is 330 g/mol. The number of rotatable bonds is 4. The van der Waals surface area contributed by atoms with Gasteiger partial charge in [0.05, 0.1) is 11.3 Å². The Morgan fingerprint density at radius 2 is 1.96 bits per heavy atom. The van der Waals surface area contributed by atoms with Crippen LogP contribution in [0.1, 0.15) is 24.5 Å². The topological polar surface area (TPSA) is 52.9 Å². The Balaban J connectivity index is 2.05. The number of carbonyl (C=O) groups is 1. The van der Waals surface area contributed by atoms with E-state index in [9.17, 15) is 13.6 Å². The van der Waals surface area contributed by atoms with Crippen molar-refractivity contribution in [2.75, 3.05) is 6.54 Å². The third-order valence-corrected chi connectivity index (χ3v) is 4.24. The molecule has 0 aliphatic carbocycles. The minimum atomic E-state index is -1.04. The maximum absolute atomic E-state index is 14.1. The number of nitrogens with zero attached hydrogens (tertiary/aromatic N) is 2. The molecule has 3 rings (SSSR count).